The van der Waals surface area contributed by atoms with Gasteiger partial charge >= 0.3 is 6.09 Å². The average Bonchev–Trinajstić information content (AvgIpc) is 2.78. The topological polar surface area (TPSA) is 88.2 Å². The van der Waals surface area contributed by atoms with E-state index >= 15 is 0 Å². The Labute approximate surface area is 191 Å². The first-order valence-corrected chi connectivity index (χ1v) is 13.1. The highest BCUT2D eigenvalue weighted by atomic mass is 32.2. The zero-order chi connectivity index (χ0) is 22.7. The maximum atomic E-state index is 13.0. The Morgan fingerprint density at radius 3 is 2.59 bits per heavy atom. The molecule has 32 heavy (non-hydrogen) atoms. The third-order valence-corrected chi connectivity index (χ3v) is 8.63. The molecule has 1 aromatic carbocycles. The molecule has 0 unspecified atom stereocenters. The van der Waals surface area contributed by atoms with Crippen LogP contribution in [0.3, 0.4) is 0 Å². The molecule has 2 fully saturated rings. The van der Waals surface area contributed by atoms with Gasteiger partial charge in [0.25, 0.3) is 10.2 Å². The lowest BCUT2D eigenvalue weighted by atomic mass is 9.80. The molecule has 5 rings (SSSR count). The number of amides is 1. The molecule has 9 heteroatoms. The Morgan fingerprint density at radius 1 is 1.09 bits per heavy atom. The van der Waals surface area contributed by atoms with E-state index in [1.54, 1.807) is 4.90 Å². The summed E-state index contributed by atoms with van der Waals surface area (Å²) in [5.41, 5.74) is 2.61. The molecule has 1 amide bonds. The highest BCUT2D eigenvalue weighted by Crippen LogP contribution is 2.36. The van der Waals surface area contributed by atoms with Crippen LogP contribution in [0.1, 0.15) is 55.6 Å². The number of benzene rings is 1. The van der Waals surface area contributed by atoms with Crippen LogP contribution in [0.5, 0.6) is 0 Å². The minimum atomic E-state index is -3.62. The zero-order valence-corrected chi connectivity index (χ0v) is 19.9. The first-order chi connectivity index (χ1) is 15.3. The van der Waals surface area contributed by atoms with Crippen molar-refractivity contribution in [2.45, 2.75) is 69.1 Å². The lowest BCUT2D eigenvalue weighted by Gasteiger charge is -2.42. The molecule has 178 valence electrons. The average molecular weight is 466 g/mol. The van der Waals surface area contributed by atoms with Gasteiger partial charge in [-0.1, -0.05) is 24.3 Å². The van der Waals surface area contributed by atoms with Crippen molar-refractivity contribution >= 4 is 16.3 Å². The quantitative estimate of drug-likeness (QED) is 0.742. The van der Waals surface area contributed by atoms with Gasteiger partial charge in [-0.3, -0.25) is 0 Å². The molecule has 4 aliphatic rings. The summed E-state index contributed by atoms with van der Waals surface area (Å²) in [6.45, 7) is 1.15. The van der Waals surface area contributed by atoms with Crippen molar-refractivity contribution in [1.82, 2.24) is 13.9 Å². The maximum Gasteiger partial charge on any atom is 0.410 e. The van der Waals surface area contributed by atoms with Crippen LogP contribution in [-0.2, 0) is 26.1 Å². The number of ether oxygens (including phenoxy) is 2. The molecule has 1 saturated heterocycles. The predicted octanol–water partition coefficient (Wildman–Crippen LogP) is 2.65. The van der Waals surface area contributed by atoms with Crippen molar-refractivity contribution in [2.75, 3.05) is 33.9 Å². The summed E-state index contributed by atoms with van der Waals surface area (Å²) in [5.74, 6) is 0.510. The molecule has 2 bridgehead atoms. The second-order valence-corrected chi connectivity index (χ2v) is 11.2. The van der Waals surface area contributed by atoms with Gasteiger partial charge in [-0.25, -0.2) is 4.79 Å². The summed E-state index contributed by atoms with van der Waals surface area (Å²) in [7, 11) is -0.628. The Hall–Kier alpha value is -1.68. The molecule has 2 atom stereocenters. The molecule has 1 aliphatic carbocycles. The van der Waals surface area contributed by atoms with E-state index in [4.69, 9.17) is 9.47 Å². The van der Waals surface area contributed by atoms with Gasteiger partial charge in [0.05, 0.1) is 25.4 Å². The number of carbonyl (C=O) groups is 1. The number of fused-ring (bicyclic) bond motifs is 6. The van der Waals surface area contributed by atoms with Crippen LogP contribution in [0.2, 0.25) is 0 Å². The van der Waals surface area contributed by atoms with E-state index in [9.17, 15) is 13.2 Å². The summed E-state index contributed by atoms with van der Waals surface area (Å²) in [5, 5.41) is 0. The summed E-state index contributed by atoms with van der Waals surface area (Å²) in [6, 6.07) is 7.67. The molecule has 8 nitrogen and oxygen atoms in total. The van der Waals surface area contributed by atoms with Crippen molar-refractivity contribution < 1.29 is 22.7 Å². The Morgan fingerprint density at radius 2 is 1.84 bits per heavy atom. The second-order valence-electron chi connectivity index (χ2n) is 9.28. The van der Waals surface area contributed by atoms with Gasteiger partial charge in [0.15, 0.2) is 0 Å². The SMILES string of the molecule is CN(C)S(=O)(=O)N[C@H]1CCCN2C(=O)OCCc3ccccc3C3CCC(CC3)OC[C@@H]12. The lowest BCUT2D eigenvalue weighted by molar-refractivity contribution is -0.0271. The minimum absolute atomic E-state index is 0.132. The molecule has 1 aromatic rings. The fourth-order valence-electron chi connectivity index (χ4n) is 5.19. The monoisotopic (exact) mass is 465 g/mol. The third kappa shape index (κ3) is 5.27. The Kier molecular flexibility index (Phi) is 7.39. The molecule has 1 N–H and O–H groups in total. The smallest absolute Gasteiger partial charge is 0.410 e. The number of nitrogens with zero attached hydrogens (tertiary/aromatic N) is 2. The van der Waals surface area contributed by atoms with Gasteiger partial charge in [0.1, 0.15) is 0 Å². The summed E-state index contributed by atoms with van der Waals surface area (Å²) >= 11 is 0. The highest BCUT2D eigenvalue weighted by Gasteiger charge is 2.39. The normalized spacial score (nSPS) is 29.7. The number of nitrogens with one attached hydrogen (secondary N) is 1. The highest BCUT2D eigenvalue weighted by molar-refractivity contribution is 7.87. The minimum Gasteiger partial charge on any atom is -0.449 e. The largest absolute Gasteiger partial charge is 0.449 e. The van der Waals surface area contributed by atoms with Gasteiger partial charge in [-0.05, 0) is 55.6 Å². The first-order valence-electron chi connectivity index (χ1n) is 11.7. The molecule has 0 spiro atoms. The van der Waals surface area contributed by atoms with Crippen molar-refractivity contribution in [1.29, 1.82) is 0 Å². The van der Waals surface area contributed by atoms with Crippen molar-refractivity contribution in [3.05, 3.63) is 35.4 Å². The predicted molar refractivity (Wildman–Crippen MR) is 122 cm³/mol. The fourth-order valence-corrected chi connectivity index (χ4v) is 6.06. The molecular weight excluding hydrogens is 430 g/mol. The Balaban J connectivity index is 1.56. The lowest BCUT2D eigenvalue weighted by Crippen LogP contribution is -2.60. The number of hydrogen-bond acceptors (Lipinski definition) is 5. The van der Waals surface area contributed by atoms with Gasteiger partial charge < -0.3 is 14.4 Å². The zero-order valence-electron chi connectivity index (χ0n) is 19.0. The number of hydrogen-bond donors (Lipinski definition) is 1. The molecular formula is C23H35N3O5S. The third-order valence-electron chi connectivity index (χ3n) is 7.06. The standard InChI is InChI=1S/C23H35N3O5S/c1-25(2)32(28,29)24-21-8-5-14-26-22(21)16-31-19-11-9-18(10-12-19)20-7-4-3-6-17(20)13-15-30-23(26)27/h3-4,6-7,18-19,21-22,24H,5,8-16H2,1-2H3/t18?,19?,21-,22-/m0/s1. The van der Waals surface area contributed by atoms with E-state index in [0.717, 1.165) is 30.0 Å². The van der Waals surface area contributed by atoms with Crippen LogP contribution in [0, 0.1) is 0 Å². The van der Waals surface area contributed by atoms with Crippen molar-refractivity contribution in [3.8, 4) is 0 Å². The summed E-state index contributed by atoms with van der Waals surface area (Å²) in [6.07, 6.45) is 5.89. The second kappa shape index (κ2) is 10.1. The number of piperidine rings is 1. The van der Waals surface area contributed by atoms with E-state index < -0.39 is 22.3 Å². The number of carbonyl (C=O) groups excluding carboxylic acids is 1. The molecule has 1 saturated carbocycles. The van der Waals surface area contributed by atoms with E-state index in [1.807, 2.05) is 6.07 Å². The first kappa shape index (κ1) is 23.5. The molecule has 0 aromatic heterocycles. The summed E-state index contributed by atoms with van der Waals surface area (Å²) in [4.78, 5) is 14.7. The van der Waals surface area contributed by atoms with E-state index in [0.29, 0.717) is 44.9 Å². The fraction of sp³-hybridized carbons (Fsp3) is 0.696. The molecule has 0 radical (unpaired) electrons. The van der Waals surface area contributed by atoms with Crippen molar-refractivity contribution in [2.24, 2.45) is 0 Å². The van der Waals surface area contributed by atoms with E-state index in [2.05, 4.69) is 22.9 Å². The van der Waals surface area contributed by atoms with Crippen LogP contribution >= 0.6 is 0 Å². The van der Waals surface area contributed by atoms with Crippen LogP contribution in [0.4, 0.5) is 4.79 Å². The number of rotatable bonds is 3. The molecule has 3 aliphatic heterocycles. The van der Waals surface area contributed by atoms with Gasteiger partial charge in [-0.15, -0.1) is 0 Å². The van der Waals surface area contributed by atoms with Crippen molar-refractivity contribution in [3.63, 3.8) is 0 Å². The Bertz CT molecular complexity index is 899. The summed E-state index contributed by atoms with van der Waals surface area (Å²) < 4.78 is 40.9. The van der Waals surface area contributed by atoms with E-state index in [1.165, 1.54) is 25.2 Å². The molecule has 3 heterocycles. The maximum absolute atomic E-state index is 13.0. The van der Waals surface area contributed by atoms with Gasteiger partial charge in [0, 0.05) is 33.1 Å². The van der Waals surface area contributed by atoms with Gasteiger partial charge in [-0.2, -0.15) is 17.4 Å². The van der Waals surface area contributed by atoms with Crippen LogP contribution < -0.4 is 4.72 Å². The van der Waals surface area contributed by atoms with E-state index in [-0.39, 0.29) is 12.1 Å². The van der Waals surface area contributed by atoms with Crippen LogP contribution in [-0.4, -0.2) is 75.8 Å². The van der Waals surface area contributed by atoms with Crippen LogP contribution in [0.15, 0.2) is 24.3 Å². The van der Waals surface area contributed by atoms with Crippen LogP contribution in [0.25, 0.3) is 0 Å². The van der Waals surface area contributed by atoms with Gasteiger partial charge in [0.2, 0.25) is 0 Å².